The van der Waals surface area contributed by atoms with Gasteiger partial charge in [0.25, 0.3) is 0 Å². The van der Waals surface area contributed by atoms with E-state index in [0.29, 0.717) is 18.9 Å². The molecule has 1 atom stereocenters. The van der Waals surface area contributed by atoms with Gasteiger partial charge in [0, 0.05) is 13.0 Å². The molecule has 138 valence electrons. The van der Waals surface area contributed by atoms with Crippen LogP contribution in [0.3, 0.4) is 0 Å². The van der Waals surface area contributed by atoms with E-state index in [1.54, 1.807) is 0 Å². The van der Waals surface area contributed by atoms with Gasteiger partial charge in [-0.3, -0.25) is 4.79 Å². The fourth-order valence-corrected chi connectivity index (χ4v) is 3.13. The number of aliphatic hydroxyl groups is 1. The molecular formula is C20H40O3. The lowest BCUT2D eigenvalue weighted by atomic mass is 9.99. The van der Waals surface area contributed by atoms with Crippen molar-refractivity contribution in [3.05, 3.63) is 0 Å². The Morgan fingerprint density at radius 1 is 0.696 bits per heavy atom. The van der Waals surface area contributed by atoms with Gasteiger partial charge in [0.1, 0.15) is 0 Å². The molecule has 23 heavy (non-hydrogen) atoms. The topological polar surface area (TPSA) is 57.5 Å². The van der Waals surface area contributed by atoms with E-state index in [1.165, 1.54) is 83.5 Å². The number of rotatable bonds is 18. The number of carboxylic acid groups (broad SMARTS) is 1. The monoisotopic (exact) mass is 328 g/mol. The maximum Gasteiger partial charge on any atom is 0.303 e. The molecule has 0 rings (SSSR count). The van der Waals surface area contributed by atoms with Gasteiger partial charge in [-0.2, -0.15) is 0 Å². The van der Waals surface area contributed by atoms with E-state index >= 15 is 0 Å². The van der Waals surface area contributed by atoms with Crippen LogP contribution in [-0.4, -0.2) is 22.8 Å². The predicted molar refractivity (Wildman–Crippen MR) is 97.8 cm³/mol. The zero-order chi connectivity index (χ0) is 17.2. The normalized spacial score (nSPS) is 12.4. The first kappa shape index (κ1) is 22.4. The molecule has 3 nitrogen and oxygen atoms in total. The lowest BCUT2D eigenvalue weighted by Crippen LogP contribution is -2.03. The Hall–Kier alpha value is -0.570. The number of aliphatic carboxylic acids is 1. The third kappa shape index (κ3) is 19.4. The van der Waals surface area contributed by atoms with Crippen LogP contribution in [0.2, 0.25) is 0 Å². The maximum atomic E-state index is 10.6. The first-order valence-corrected chi connectivity index (χ1v) is 9.99. The van der Waals surface area contributed by atoms with E-state index in [9.17, 15) is 4.79 Å². The van der Waals surface area contributed by atoms with E-state index in [1.807, 2.05) is 6.92 Å². The van der Waals surface area contributed by atoms with Crippen LogP contribution in [0.5, 0.6) is 0 Å². The summed E-state index contributed by atoms with van der Waals surface area (Å²) in [6, 6.07) is 0. The van der Waals surface area contributed by atoms with Gasteiger partial charge < -0.3 is 10.2 Å². The minimum absolute atomic E-state index is 0.321. The Morgan fingerprint density at radius 2 is 1.04 bits per heavy atom. The van der Waals surface area contributed by atoms with Gasteiger partial charge >= 0.3 is 5.97 Å². The zero-order valence-corrected chi connectivity index (χ0v) is 15.4. The van der Waals surface area contributed by atoms with Crippen molar-refractivity contribution in [1.82, 2.24) is 0 Å². The minimum Gasteiger partial charge on any atom is -0.481 e. The van der Waals surface area contributed by atoms with Crippen LogP contribution >= 0.6 is 0 Å². The average molecular weight is 329 g/mol. The zero-order valence-electron chi connectivity index (χ0n) is 15.4. The van der Waals surface area contributed by atoms with E-state index in [-0.39, 0.29) is 0 Å². The Morgan fingerprint density at radius 3 is 1.39 bits per heavy atom. The van der Waals surface area contributed by atoms with Gasteiger partial charge in [0.05, 0.1) is 0 Å². The van der Waals surface area contributed by atoms with Crippen molar-refractivity contribution in [3.8, 4) is 0 Å². The van der Waals surface area contributed by atoms with Crippen LogP contribution in [0, 0.1) is 5.92 Å². The number of hydrogen-bond donors (Lipinski definition) is 2. The summed E-state index contributed by atoms with van der Waals surface area (Å²) in [4.78, 5) is 10.6. The van der Waals surface area contributed by atoms with E-state index in [4.69, 9.17) is 10.2 Å². The Bertz CT molecular complexity index is 253. The Kier molecular flexibility index (Phi) is 17.3. The highest BCUT2D eigenvalue weighted by molar-refractivity contribution is 5.66. The molecule has 1 unspecified atom stereocenters. The summed E-state index contributed by atoms with van der Waals surface area (Å²) in [5, 5.41) is 17.4. The number of carbonyl (C=O) groups is 1. The number of carboxylic acids is 1. The average Bonchev–Trinajstić information content (AvgIpc) is 2.50. The van der Waals surface area contributed by atoms with Gasteiger partial charge in [-0.25, -0.2) is 0 Å². The molecule has 0 radical (unpaired) electrons. The highest BCUT2D eigenvalue weighted by Gasteiger charge is 2.06. The van der Waals surface area contributed by atoms with Crippen molar-refractivity contribution in [3.63, 3.8) is 0 Å². The second-order valence-corrected chi connectivity index (χ2v) is 7.17. The van der Waals surface area contributed by atoms with Crippen LogP contribution in [0.4, 0.5) is 0 Å². The smallest absolute Gasteiger partial charge is 0.303 e. The number of hydrogen-bond acceptors (Lipinski definition) is 2. The van der Waals surface area contributed by atoms with Gasteiger partial charge in [-0.1, -0.05) is 96.8 Å². The van der Waals surface area contributed by atoms with Gasteiger partial charge in [-0.15, -0.1) is 0 Å². The van der Waals surface area contributed by atoms with Crippen LogP contribution in [0.1, 0.15) is 110 Å². The molecule has 0 spiro atoms. The van der Waals surface area contributed by atoms with E-state index in [0.717, 1.165) is 12.8 Å². The standard InChI is InChI=1S/C20H40O3/c1-19(18-20(22)23)16-14-12-10-8-6-4-2-3-5-7-9-11-13-15-17-21/h19,21H,2-18H2,1H3,(H,22,23). The fourth-order valence-electron chi connectivity index (χ4n) is 3.13. The molecule has 2 N–H and O–H groups in total. The molecule has 0 aromatic rings. The highest BCUT2D eigenvalue weighted by Crippen LogP contribution is 2.16. The molecule has 0 bridgehead atoms. The van der Waals surface area contributed by atoms with Crippen LogP contribution in [0.15, 0.2) is 0 Å². The van der Waals surface area contributed by atoms with Crippen LogP contribution < -0.4 is 0 Å². The largest absolute Gasteiger partial charge is 0.481 e. The molecule has 0 saturated heterocycles. The molecule has 0 aromatic carbocycles. The molecule has 3 heteroatoms. The molecule has 0 aliphatic rings. The SMILES string of the molecule is CC(CCCCCCCCCCCCCCCCO)CC(=O)O. The van der Waals surface area contributed by atoms with Gasteiger partial charge in [0.15, 0.2) is 0 Å². The predicted octanol–water partition coefficient (Wildman–Crippen LogP) is 5.94. The second kappa shape index (κ2) is 17.8. The summed E-state index contributed by atoms with van der Waals surface area (Å²) in [5.41, 5.74) is 0. The lowest BCUT2D eigenvalue weighted by Gasteiger charge is -2.08. The summed E-state index contributed by atoms with van der Waals surface area (Å²) in [7, 11) is 0. The molecule has 0 amide bonds. The summed E-state index contributed by atoms with van der Waals surface area (Å²) in [6.45, 7) is 2.39. The molecule has 0 fully saturated rings. The molecule has 0 saturated carbocycles. The van der Waals surface area contributed by atoms with Gasteiger partial charge in [-0.05, 0) is 12.3 Å². The highest BCUT2D eigenvalue weighted by atomic mass is 16.4. The summed E-state index contributed by atoms with van der Waals surface area (Å²) in [5.74, 6) is -0.334. The summed E-state index contributed by atoms with van der Waals surface area (Å²) in [6.07, 6.45) is 19.5. The minimum atomic E-state index is -0.664. The molecule has 0 aliphatic heterocycles. The quantitative estimate of drug-likeness (QED) is 0.306. The van der Waals surface area contributed by atoms with Crippen molar-refractivity contribution in [2.45, 2.75) is 110 Å². The number of aliphatic hydroxyl groups excluding tert-OH is 1. The fraction of sp³-hybridized carbons (Fsp3) is 0.950. The molecular weight excluding hydrogens is 288 g/mol. The third-order valence-electron chi connectivity index (χ3n) is 4.63. The van der Waals surface area contributed by atoms with Crippen molar-refractivity contribution in [2.24, 2.45) is 5.92 Å². The summed E-state index contributed by atoms with van der Waals surface area (Å²) >= 11 is 0. The lowest BCUT2D eigenvalue weighted by molar-refractivity contribution is -0.138. The summed E-state index contributed by atoms with van der Waals surface area (Å²) < 4.78 is 0. The first-order valence-electron chi connectivity index (χ1n) is 9.99. The molecule has 0 aliphatic carbocycles. The van der Waals surface area contributed by atoms with Crippen molar-refractivity contribution in [1.29, 1.82) is 0 Å². The Labute approximate surface area is 143 Å². The maximum absolute atomic E-state index is 10.6. The van der Waals surface area contributed by atoms with Crippen molar-refractivity contribution in [2.75, 3.05) is 6.61 Å². The molecule has 0 heterocycles. The van der Waals surface area contributed by atoms with E-state index < -0.39 is 5.97 Å². The van der Waals surface area contributed by atoms with Crippen molar-refractivity contribution < 1.29 is 15.0 Å². The van der Waals surface area contributed by atoms with Crippen molar-refractivity contribution >= 4 is 5.97 Å². The van der Waals surface area contributed by atoms with Crippen LogP contribution in [-0.2, 0) is 4.79 Å². The second-order valence-electron chi connectivity index (χ2n) is 7.17. The third-order valence-corrected chi connectivity index (χ3v) is 4.63. The van der Waals surface area contributed by atoms with Crippen LogP contribution in [0.25, 0.3) is 0 Å². The van der Waals surface area contributed by atoms with E-state index in [2.05, 4.69) is 0 Å². The molecule has 0 aromatic heterocycles. The number of unbranched alkanes of at least 4 members (excludes halogenated alkanes) is 13. The Balaban J connectivity index is 3.06. The van der Waals surface area contributed by atoms with Gasteiger partial charge in [0.2, 0.25) is 0 Å². The first-order chi connectivity index (χ1) is 11.2.